The molecule has 16 nitrogen and oxygen atoms in total. The Morgan fingerprint density at radius 3 is 1.76 bits per heavy atom. The highest BCUT2D eigenvalue weighted by Gasteiger charge is 2.61. The summed E-state index contributed by atoms with van der Waals surface area (Å²) >= 11 is 0. The maximum atomic E-state index is 14.1. The van der Waals surface area contributed by atoms with Crippen LogP contribution in [0, 0.1) is 17.8 Å². The Labute approximate surface area is 366 Å². The van der Waals surface area contributed by atoms with Crippen molar-refractivity contribution in [3.63, 3.8) is 0 Å². The number of rotatable bonds is 13. The van der Waals surface area contributed by atoms with E-state index in [0.717, 1.165) is 57.3 Å². The van der Waals surface area contributed by atoms with E-state index in [4.69, 9.17) is 28.9 Å². The summed E-state index contributed by atoms with van der Waals surface area (Å²) in [5.74, 6) is 1.91. The van der Waals surface area contributed by atoms with Crippen LogP contribution in [0.3, 0.4) is 0 Å². The molecule has 0 bridgehead atoms. The molecule has 0 spiro atoms. The van der Waals surface area contributed by atoms with Gasteiger partial charge in [-0.3, -0.25) is 9.59 Å². The normalized spacial score (nSPS) is 23.4. The van der Waals surface area contributed by atoms with E-state index in [-0.39, 0.29) is 35.9 Å². The number of imidazole rings is 2. The fourth-order valence-electron chi connectivity index (χ4n) is 9.49. The molecule has 2 aromatic heterocycles. The fourth-order valence-corrected chi connectivity index (χ4v) is 9.49. The minimum Gasteiger partial charge on any atom is -0.453 e. The topological polar surface area (TPSA) is 193 Å². The first-order chi connectivity index (χ1) is 30.3. The molecule has 3 fully saturated rings. The Balaban J connectivity index is 0.957. The van der Waals surface area contributed by atoms with Gasteiger partial charge in [0.05, 0.1) is 62.3 Å². The van der Waals surface area contributed by atoms with Crippen molar-refractivity contribution in [2.24, 2.45) is 17.8 Å². The first-order valence-corrected chi connectivity index (χ1v) is 21.5. The van der Waals surface area contributed by atoms with Crippen LogP contribution in [0.4, 0.5) is 9.59 Å². The smallest absolute Gasteiger partial charge is 0.407 e. The zero-order chi connectivity index (χ0) is 44.7. The summed E-state index contributed by atoms with van der Waals surface area (Å²) in [5.41, 5.74) is 5.77. The minimum atomic E-state index is -0.910. The molecule has 4 heterocycles. The highest BCUT2D eigenvalue weighted by molar-refractivity contribution is 5.91. The zero-order valence-electron chi connectivity index (χ0n) is 36.9. The third kappa shape index (κ3) is 8.48. The Hall–Kier alpha value is -6.26. The number of amides is 4. The van der Waals surface area contributed by atoms with E-state index in [0.29, 0.717) is 30.0 Å². The van der Waals surface area contributed by atoms with Crippen LogP contribution >= 0.6 is 0 Å². The van der Waals surface area contributed by atoms with Crippen molar-refractivity contribution >= 4 is 34.8 Å². The number of nitrogens with zero attached hydrogens (tertiary/aromatic N) is 4. The molecule has 332 valence electrons. The number of nitrogens with one attached hydrogen (secondary N) is 4. The van der Waals surface area contributed by atoms with Crippen LogP contribution in [0.15, 0.2) is 73.1 Å². The van der Waals surface area contributed by atoms with Crippen molar-refractivity contribution in [3.8, 4) is 33.6 Å². The van der Waals surface area contributed by atoms with Crippen molar-refractivity contribution in [2.75, 3.05) is 35.0 Å². The van der Waals surface area contributed by atoms with Crippen molar-refractivity contribution in [3.05, 3.63) is 84.7 Å². The Morgan fingerprint density at radius 1 is 0.667 bits per heavy atom. The number of carbonyl (C=O) groups is 4. The van der Waals surface area contributed by atoms with Crippen LogP contribution in [-0.4, -0.2) is 119 Å². The average Bonchev–Trinajstić information content (AvgIpc) is 3.95. The number of H-pyrrole nitrogens is 2. The number of carbonyl (C=O) groups excluding carboxylic acids is 4. The Bertz CT molecular complexity index is 2490. The number of fused-ring (bicyclic) bond motifs is 2. The fraction of sp³-hybridized carbons (Fsp3) is 0.447. The number of hydrogen-bond acceptors (Lipinski definition) is 10. The van der Waals surface area contributed by atoms with Crippen LogP contribution in [0.5, 0.6) is 0 Å². The lowest BCUT2D eigenvalue weighted by molar-refractivity contribution is -0.139. The van der Waals surface area contributed by atoms with Gasteiger partial charge >= 0.3 is 12.2 Å². The standard InChI is InChI=1S/C47H56N8O8/c1-24-17-37(54(23-24)44(56)39(26(3)60-5)52-46(58)62-7)42-48-21-35(50-42)29-11-9-28(10-12-29)30-13-14-32-19-33(16-15-31(32)18-30)36-22-49-43(51-36)38-20-34-25(2)41(34)55(38)45(57)40(27(4)61-6)53-47(59)63-8/h9-16,18-19,21-22,24-27,34,37-41H,17,20,23H2,1-8H3,(H,48,50)(H,49,51)(H,52,58)(H,53,59)/t24-,25+,26+,27+,34?,37-,38-,39-,40-,41?/m0/s1. The maximum absolute atomic E-state index is 14.1. The van der Waals surface area contributed by atoms with E-state index in [1.165, 1.54) is 28.4 Å². The summed E-state index contributed by atoms with van der Waals surface area (Å²) < 4.78 is 20.5. The first kappa shape index (κ1) is 43.4. The number of benzene rings is 3. The van der Waals surface area contributed by atoms with Gasteiger partial charge in [0.2, 0.25) is 11.8 Å². The number of likely N-dealkylation sites (tertiary alicyclic amines) is 2. The lowest BCUT2D eigenvalue weighted by Gasteiger charge is -2.33. The van der Waals surface area contributed by atoms with Gasteiger partial charge in [-0.1, -0.05) is 62.4 Å². The van der Waals surface area contributed by atoms with Gasteiger partial charge in [0.1, 0.15) is 23.7 Å². The minimum absolute atomic E-state index is 0.0753. The van der Waals surface area contributed by atoms with E-state index in [2.05, 4.69) is 95.1 Å². The molecule has 2 unspecified atom stereocenters. The molecule has 2 saturated heterocycles. The lowest BCUT2D eigenvalue weighted by atomic mass is 9.98. The molecule has 4 amide bonds. The molecular weight excluding hydrogens is 805 g/mol. The Morgan fingerprint density at radius 2 is 1.17 bits per heavy atom. The third-order valence-corrected chi connectivity index (χ3v) is 13.3. The second-order valence-corrected chi connectivity index (χ2v) is 17.2. The molecule has 0 radical (unpaired) electrons. The molecule has 4 N–H and O–H groups in total. The van der Waals surface area contributed by atoms with E-state index in [9.17, 15) is 19.2 Å². The molecule has 5 aromatic rings. The number of piperidine rings is 1. The summed E-state index contributed by atoms with van der Waals surface area (Å²) in [6.07, 6.45) is 2.63. The second-order valence-electron chi connectivity index (χ2n) is 17.2. The number of hydrogen-bond donors (Lipinski definition) is 4. The monoisotopic (exact) mass is 860 g/mol. The van der Waals surface area contributed by atoms with Gasteiger partial charge in [0, 0.05) is 32.4 Å². The SMILES string of the molecule is COC(=O)N[C@H](C(=O)N1C[C@@H](C)C[C@H]1c1ncc(-c2ccc(-c3ccc4cc(-c5cnc([C@@H]6CC7C([C@@H]7C)N6C(=O)[C@@H](NC(=O)OC)[C@@H](C)OC)[nH]5)ccc4c3)cc2)[nH]1)[C@@H](C)OC. The van der Waals surface area contributed by atoms with E-state index in [1.54, 1.807) is 24.9 Å². The van der Waals surface area contributed by atoms with Gasteiger partial charge in [-0.2, -0.15) is 0 Å². The van der Waals surface area contributed by atoms with Crippen molar-refractivity contribution < 1.29 is 38.1 Å². The molecule has 16 heteroatoms. The number of aromatic amines is 2. The zero-order valence-corrected chi connectivity index (χ0v) is 36.9. The van der Waals surface area contributed by atoms with Gasteiger partial charge in [-0.25, -0.2) is 19.6 Å². The first-order valence-electron chi connectivity index (χ1n) is 21.5. The van der Waals surface area contributed by atoms with E-state index < -0.39 is 36.5 Å². The predicted molar refractivity (Wildman–Crippen MR) is 235 cm³/mol. The molecule has 3 aliphatic rings. The molecule has 1 aliphatic carbocycles. The average molecular weight is 861 g/mol. The third-order valence-electron chi connectivity index (χ3n) is 13.3. The quantitative estimate of drug-likeness (QED) is 0.100. The van der Waals surface area contributed by atoms with E-state index in [1.807, 2.05) is 11.1 Å². The summed E-state index contributed by atoms with van der Waals surface area (Å²) in [6.45, 7) is 8.28. The van der Waals surface area contributed by atoms with Gasteiger partial charge in [0.15, 0.2) is 0 Å². The van der Waals surface area contributed by atoms with E-state index >= 15 is 0 Å². The van der Waals surface area contributed by atoms with Crippen LogP contribution in [0.25, 0.3) is 44.4 Å². The predicted octanol–water partition coefficient (Wildman–Crippen LogP) is 6.62. The summed E-state index contributed by atoms with van der Waals surface area (Å²) in [6, 6.07) is 18.7. The van der Waals surface area contributed by atoms with Crippen LogP contribution < -0.4 is 10.6 Å². The number of ether oxygens (including phenoxy) is 4. The molecule has 10 atom stereocenters. The molecule has 3 aromatic carbocycles. The van der Waals surface area contributed by atoms with Crippen LogP contribution in [0.2, 0.25) is 0 Å². The van der Waals surface area contributed by atoms with Crippen LogP contribution in [0.1, 0.15) is 64.3 Å². The van der Waals surface area contributed by atoms with Gasteiger partial charge in [-0.15, -0.1) is 0 Å². The second kappa shape index (κ2) is 17.8. The van der Waals surface area contributed by atoms with Crippen molar-refractivity contribution in [2.45, 2.75) is 83.0 Å². The van der Waals surface area contributed by atoms with Gasteiger partial charge in [-0.05, 0) is 84.0 Å². The van der Waals surface area contributed by atoms with Gasteiger partial charge < -0.3 is 49.3 Å². The highest BCUT2D eigenvalue weighted by Crippen LogP contribution is 2.57. The van der Waals surface area contributed by atoms with Gasteiger partial charge in [0.25, 0.3) is 0 Å². The Kier molecular flexibility index (Phi) is 12.3. The lowest BCUT2D eigenvalue weighted by Crippen LogP contribution is -2.55. The maximum Gasteiger partial charge on any atom is 0.407 e. The van der Waals surface area contributed by atoms with Crippen LogP contribution in [-0.2, 0) is 28.5 Å². The number of alkyl carbamates (subject to hydrolysis) is 2. The summed E-state index contributed by atoms with van der Waals surface area (Å²) in [5, 5.41) is 7.49. The molecule has 63 heavy (non-hydrogen) atoms. The number of methoxy groups -OCH3 is 4. The number of aromatic nitrogens is 4. The summed E-state index contributed by atoms with van der Waals surface area (Å²) in [4.78, 5) is 72.3. The molecular formula is C47H56N8O8. The molecule has 1 saturated carbocycles. The molecule has 2 aliphatic heterocycles. The highest BCUT2D eigenvalue weighted by atomic mass is 16.5. The largest absolute Gasteiger partial charge is 0.453 e. The van der Waals surface area contributed by atoms with Crippen molar-refractivity contribution in [1.82, 2.24) is 40.4 Å². The molecule has 8 rings (SSSR count). The summed E-state index contributed by atoms with van der Waals surface area (Å²) in [7, 11) is 5.55. The van der Waals surface area contributed by atoms with Crippen molar-refractivity contribution in [1.29, 1.82) is 0 Å².